The van der Waals surface area contributed by atoms with E-state index in [0.717, 1.165) is 5.65 Å². The fourth-order valence-corrected chi connectivity index (χ4v) is 2.27. The molecule has 0 atom stereocenters. The summed E-state index contributed by atoms with van der Waals surface area (Å²) in [6, 6.07) is 14.6. The first-order valence-electron chi connectivity index (χ1n) is 7.37. The summed E-state index contributed by atoms with van der Waals surface area (Å²) in [4.78, 5) is 23.8. The Morgan fingerprint density at radius 1 is 0.957 bits per heavy atom. The van der Waals surface area contributed by atoms with Gasteiger partial charge in [-0.1, -0.05) is 36.4 Å². The fraction of sp³-hybridized carbons (Fsp3) is 0.176. The van der Waals surface area contributed by atoms with E-state index in [0.29, 0.717) is 11.4 Å². The molecule has 3 rings (SSSR count). The zero-order valence-corrected chi connectivity index (χ0v) is 12.5. The van der Waals surface area contributed by atoms with Gasteiger partial charge in [0.1, 0.15) is 0 Å². The van der Waals surface area contributed by atoms with Crippen molar-refractivity contribution in [1.29, 1.82) is 0 Å². The van der Waals surface area contributed by atoms with Gasteiger partial charge in [0.2, 0.25) is 5.91 Å². The molecule has 2 heterocycles. The highest BCUT2D eigenvalue weighted by Crippen LogP contribution is 2.06. The summed E-state index contributed by atoms with van der Waals surface area (Å²) >= 11 is 0. The second-order valence-corrected chi connectivity index (χ2v) is 5.11. The summed E-state index contributed by atoms with van der Waals surface area (Å²) in [7, 11) is 0. The first-order chi connectivity index (χ1) is 11.2. The number of nitrogens with one attached hydrogen (secondary N) is 1. The SMILES string of the molecule is O=C(CCC(=O)c1ccccc1)NCc1nnc2ccccn12. The molecule has 1 amide bonds. The lowest BCUT2D eigenvalue weighted by Crippen LogP contribution is -2.24. The Kier molecular flexibility index (Phi) is 4.42. The lowest BCUT2D eigenvalue weighted by Gasteiger charge is -2.04. The number of carbonyl (C=O) groups excluding carboxylic acids is 2. The molecular formula is C17H16N4O2. The molecule has 3 aromatic rings. The zero-order valence-electron chi connectivity index (χ0n) is 12.5. The van der Waals surface area contributed by atoms with Crippen molar-refractivity contribution in [2.24, 2.45) is 0 Å². The van der Waals surface area contributed by atoms with Crippen LogP contribution in [0.15, 0.2) is 54.7 Å². The highest BCUT2D eigenvalue weighted by molar-refractivity contribution is 5.97. The number of carbonyl (C=O) groups is 2. The molecule has 116 valence electrons. The Labute approximate surface area is 133 Å². The van der Waals surface area contributed by atoms with Gasteiger partial charge < -0.3 is 5.32 Å². The fourth-order valence-electron chi connectivity index (χ4n) is 2.27. The summed E-state index contributed by atoms with van der Waals surface area (Å²) < 4.78 is 1.81. The highest BCUT2D eigenvalue weighted by Gasteiger charge is 2.10. The van der Waals surface area contributed by atoms with Crippen molar-refractivity contribution in [3.8, 4) is 0 Å². The molecule has 0 bridgehead atoms. The highest BCUT2D eigenvalue weighted by atomic mass is 16.2. The van der Waals surface area contributed by atoms with Crippen LogP contribution in [-0.4, -0.2) is 26.3 Å². The van der Waals surface area contributed by atoms with Gasteiger partial charge in [0, 0.05) is 24.6 Å². The Bertz CT molecular complexity index is 827. The van der Waals surface area contributed by atoms with Gasteiger partial charge in [0.15, 0.2) is 17.3 Å². The van der Waals surface area contributed by atoms with Crippen molar-refractivity contribution in [1.82, 2.24) is 19.9 Å². The summed E-state index contributed by atoms with van der Waals surface area (Å²) in [5, 5.41) is 10.8. The van der Waals surface area contributed by atoms with E-state index in [4.69, 9.17) is 0 Å². The van der Waals surface area contributed by atoms with Crippen molar-refractivity contribution in [2.75, 3.05) is 0 Å². The topological polar surface area (TPSA) is 76.4 Å². The van der Waals surface area contributed by atoms with Gasteiger partial charge in [0.05, 0.1) is 6.54 Å². The Morgan fingerprint density at radius 3 is 2.57 bits per heavy atom. The molecule has 0 aliphatic carbocycles. The summed E-state index contributed by atoms with van der Waals surface area (Å²) in [6.45, 7) is 0.281. The van der Waals surface area contributed by atoms with Gasteiger partial charge in [-0.2, -0.15) is 0 Å². The maximum absolute atomic E-state index is 12.0. The summed E-state index contributed by atoms with van der Waals surface area (Å²) in [5.74, 6) is 0.443. The smallest absolute Gasteiger partial charge is 0.220 e. The summed E-state index contributed by atoms with van der Waals surface area (Å²) in [5.41, 5.74) is 1.36. The predicted molar refractivity (Wildman–Crippen MR) is 84.8 cm³/mol. The number of nitrogens with zero attached hydrogens (tertiary/aromatic N) is 3. The van der Waals surface area contributed by atoms with Crippen molar-refractivity contribution in [3.05, 3.63) is 66.1 Å². The second kappa shape index (κ2) is 6.83. The van der Waals surface area contributed by atoms with E-state index >= 15 is 0 Å². The number of pyridine rings is 1. The molecule has 0 spiro atoms. The van der Waals surface area contributed by atoms with Crippen LogP contribution in [0.3, 0.4) is 0 Å². The first-order valence-corrected chi connectivity index (χ1v) is 7.37. The third-order valence-corrected chi connectivity index (χ3v) is 3.50. The lowest BCUT2D eigenvalue weighted by atomic mass is 10.1. The number of aromatic nitrogens is 3. The van der Waals surface area contributed by atoms with E-state index in [-0.39, 0.29) is 31.1 Å². The van der Waals surface area contributed by atoms with Crippen LogP contribution in [0.2, 0.25) is 0 Å². The van der Waals surface area contributed by atoms with Crippen LogP contribution in [0.25, 0.3) is 5.65 Å². The van der Waals surface area contributed by atoms with Gasteiger partial charge in [-0.15, -0.1) is 10.2 Å². The Morgan fingerprint density at radius 2 is 1.74 bits per heavy atom. The van der Waals surface area contributed by atoms with E-state index in [1.54, 1.807) is 12.1 Å². The lowest BCUT2D eigenvalue weighted by molar-refractivity contribution is -0.121. The van der Waals surface area contributed by atoms with Crippen molar-refractivity contribution in [2.45, 2.75) is 19.4 Å². The van der Waals surface area contributed by atoms with E-state index in [1.165, 1.54) is 0 Å². The Hall–Kier alpha value is -3.02. The number of fused-ring (bicyclic) bond motifs is 1. The molecule has 0 saturated carbocycles. The van der Waals surface area contributed by atoms with Crippen LogP contribution in [0.1, 0.15) is 29.0 Å². The molecule has 0 saturated heterocycles. The largest absolute Gasteiger partial charge is 0.349 e. The number of hydrogen-bond acceptors (Lipinski definition) is 4. The number of amides is 1. The van der Waals surface area contributed by atoms with Gasteiger partial charge in [-0.05, 0) is 12.1 Å². The van der Waals surface area contributed by atoms with Crippen LogP contribution >= 0.6 is 0 Å². The standard InChI is InChI=1S/C17H16N4O2/c22-14(13-6-2-1-3-7-13)9-10-17(23)18-12-16-20-19-15-8-4-5-11-21(15)16/h1-8,11H,9-10,12H2,(H,18,23). The van der Waals surface area contributed by atoms with Crippen molar-refractivity contribution in [3.63, 3.8) is 0 Å². The van der Waals surface area contributed by atoms with Gasteiger partial charge in [-0.3, -0.25) is 14.0 Å². The van der Waals surface area contributed by atoms with Gasteiger partial charge in [-0.25, -0.2) is 0 Å². The predicted octanol–water partition coefficient (Wildman–Crippen LogP) is 2.01. The number of ketones is 1. The molecule has 0 unspecified atom stereocenters. The zero-order chi connectivity index (χ0) is 16.1. The van der Waals surface area contributed by atoms with Crippen LogP contribution in [0.5, 0.6) is 0 Å². The van der Waals surface area contributed by atoms with Crippen LogP contribution < -0.4 is 5.32 Å². The molecule has 6 nitrogen and oxygen atoms in total. The monoisotopic (exact) mass is 308 g/mol. The van der Waals surface area contributed by atoms with Crippen molar-refractivity contribution >= 4 is 17.3 Å². The Balaban J connectivity index is 1.51. The van der Waals surface area contributed by atoms with E-state index in [9.17, 15) is 9.59 Å². The maximum atomic E-state index is 12.0. The molecular weight excluding hydrogens is 292 g/mol. The average Bonchev–Trinajstić information content (AvgIpc) is 3.02. The van der Waals surface area contributed by atoms with Crippen LogP contribution in [-0.2, 0) is 11.3 Å². The van der Waals surface area contributed by atoms with Crippen LogP contribution in [0, 0.1) is 0 Å². The quantitative estimate of drug-likeness (QED) is 0.707. The van der Waals surface area contributed by atoms with Gasteiger partial charge in [0.25, 0.3) is 0 Å². The third kappa shape index (κ3) is 3.60. The average molecular weight is 308 g/mol. The molecule has 1 N–H and O–H groups in total. The molecule has 2 aromatic heterocycles. The molecule has 23 heavy (non-hydrogen) atoms. The molecule has 0 aliphatic heterocycles. The second-order valence-electron chi connectivity index (χ2n) is 5.11. The normalized spacial score (nSPS) is 10.6. The minimum absolute atomic E-state index is 0.0336. The first kappa shape index (κ1) is 14.9. The van der Waals surface area contributed by atoms with Gasteiger partial charge >= 0.3 is 0 Å². The van der Waals surface area contributed by atoms with E-state index in [1.807, 2.05) is 47.0 Å². The minimum Gasteiger partial charge on any atom is -0.349 e. The summed E-state index contributed by atoms with van der Waals surface area (Å²) in [6.07, 6.45) is 2.19. The maximum Gasteiger partial charge on any atom is 0.220 e. The number of Topliss-reactive ketones (excluding diaryl/α,β-unsaturated/α-hetero) is 1. The number of benzene rings is 1. The number of rotatable bonds is 6. The molecule has 0 radical (unpaired) electrons. The third-order valence-electron chi connectivity index (χ3n) is 3.50. The van der Waals surface area contributed by atoms with Crippen molar-refractivity contribution < 1.29 is 9.59 Å². The minimum atomic E-state index is -0.179. The molecule has 1 aromatic carbocycles. The molecule has 6 heteroatoms. The van der Waals surface area contributed by atoms with E-state index in [2.05, 4.69) is 15.5 Å². The van der Waals surface area contributed by atoms with E-state index < -0.39 is 0 Å². The number of hydrogen-bond donors (Lipinski definition) is 1. The molecule has 0 aliphatic rings. The molecule has 0 fully saturated rings. The van der Waals surface area contributed by atoms with Crippen LogP contribution in [0.4, 0.5) is 0 Å².